The first kappa shape index (κ1) is 20.4. The van der Waals surface area contributed by atoms with Crippen LogP contribution in [0.5, 0.6) is 0 Å². The summed E-state index contributed by atoms with van der Waals surface area (Å²) in [5.41, 5.74) is 3.72. The first-order valence-corrected chi connectivity index (χ1v) is 10.7. The van der Waals surface area contributed by atoms with Crippen molar-refractivity contribution in [2.75, 3.05) is 36.5 Å². The van der Waals surface area contributed by atoms with Crippen LogP contribution in [0.4, 0.5) is 21.8 Å². The molecule has 1 atom stereocenters. The average molecular weight is 436 g/mol. The lowest BCUT2D eigenvalue weighted by atomic mass is 9.93. The maximum absolute atomic E-state index is 13.5. The van der Waals surface area contributed by atoms with E-state index >= 15 is 0 Å². The molecule has 0 saturated carbocycles. The summed E-state index contributed by atoms with van der Waals surface area (Å²) in [4.78, 5) is 11.6. The van der Waals surface area contributed by atoms with Gasteiger partial charge in [-0.05, 0) is 24.6 Å². The Kier molecular flexibility index (Phi) is 5.26. The Hall–Kier alpha value is -3.46. The topological polar surface area (TPSA) is 72.5 Å². The highest BCUT2D eigenvalue weighted by Crippen LogP contribution is 2.33. The van der Waals surface area contributed by atoms with E-state index in [0.717, 1.165) is 47.2 Å². The summed E-state index contributed by atoms with van der Waals surface area (Å²) in [5, 5.41) is 8.18. The number of fused-ring (bicyclic) bond motifs is 1. The number of aromatic nitrogens is 5. The van der Waals surface area contributed by atoms with Gasteiger partial charge in [0.25, 0.3) is 0 Å². The van der Waals surface area contributed by atoms with Crippen LogP contribution in [0.1, 0.15) is 29.7 Å². The van der Waals surface area contributed by atoms with Crippen molar-refractivity contribution >= 4 is 23.1 Å². The standard InChI is InChI=1S/C23H26FN7O/c1-15(17-4-6-18(24)7-5-17)22-16(2)28-31-21(30-8-10-32-11-9-30)12-19(27-23(22)31)26-20-13-29(3)14-25-20/h4-7,12-15H,8-11H2,1-3H3,(H,26,27). The van der Waals surface area contributed by atoms with E-state index in [1.165, 1.54) is 12.1 Å². The first-order chi connectivity index (χ1) is 15.5. The number of benzene rings is 1. The third-order valence-corrected chi connectivity index (χ3v) is 5.89. The van der Waals surface area contributed by atoms with E-state index in [9.17, 15) is 4.39 Å². The second kappa shape index (κ2) is 8.23. The Bertz CT molecular complexity index is 1240. The van der Waals surface area contributed by atoms with Crippen LogP contribution in [0.2, 0.25) is 0 Å². The summed E-state index contributed by atoms with van der Waals surface area (Å²) in [6, 6.07) is 8.64. The number of morpholine rings is 1. The molecule has 0 spiro atoms. The van der Waals surface area contributed by atoms with Crippen LogP contribution in [-0.4, -0.2) is 50.5 Å². The monoisotopic (exact) mass is 435 g/mol. The number of hydrogen-bond donors (Lipinski definition) is 1. The summed E-state index contributed by atoms with van der Waals surface area (Å²) in [5.74, 6) is 2.14. The minimum atomic E-state index is -0.243. The minimum absolute atomic E-state index is 0.00300. The van der Waals surface area contributed by atoms with Gasteiger partial charge < -0.3 is 19.5 Å². The van der Waals surface area contributed by atoms with E-state index in [0.29, 0.717) is 19.0 Å². The van der Waals surface area contributed by atoms with Crippen molar-refractivity contribution in [2.45, 2.75) is 19.8 Å². The third kappa shape index (κ3) is 3.80. The molecule has 166 valence electrons. The number of nitrogens with zero attached hydrogens (tertiary/aromatic N) is 6. The Morgan fingerprint density at radius 2 is 1.88 bits per heavy atom. The maximum Gasteiger partial charge on any atom is 0.163 e. The van der Waals surface area contributed by atoms with Gasteiger partial charge in [0, 0.05) is 43.9 Å². The zero-order chi connectivity index (χ0) is 22.2. The number of aryl methyl sites for hydroxylation is 2. The molecule has 1 aliphatic heterocycles. The van der Waals surface area contributed by atoms with E-state index in [-0.39, 0.29) is 11.7 Å². The van der Waals surface area contributed by atoms with Gasteiger partial charge in [-0.15, -0.1) is 0 Å². The van der Waals surface area contributed by atoms with Crippen LogP contribution in [-0.2, 0) is 11.8 Å². The lowest BCUT2D eigenvalue weighted by Gasteiger charge is -2.29. The van der Waals surface area contributed by atoms with Gasteiger partial charge in [0.15, 0.2) is 5.65 Å². The van der Waals surface area contributed by atoms with Crippen LogP contribution < -0.4 is 10.2 Å². The van der Waals surface area contributed by atoms with Crippen molar-refractivity contribution in [3.05, 3.63) is 65.5 Å². The number of anilines is 3. The first-order valence-electron chi connectivity index (χ1n) is 10.7. The zero-order valence-corrected chi connectivity index (χ0v) is 18.4. The van der Waals surface area contributed by atoms with Crippen molar-refractivity contribution in [3.8, 4) is 0 Å². The van der Waals surface area contributed by atoms with Crippen molar-refractivity contribution in [3.63, 3.8) is 0 Å². The summed E-state index contributed by atoms with van der Waals surface area (Å²) in [6.45, 7) is 7.01. The molecule has 1 unspecified atom stereocenters. The molecule has 0 bridgehead atoms. The van der Waals surface area contributed by atoms with Gasteiger partial charge in [-0.2, -0.15) is 9.61 Å². The molecule has 1 fully saturated rings. The van der Waals surface area contributed by atoms with Gasteiger partial charge in [-0.25, -0.2) is 14.4 Å². The van der Waals surface area contributed by atoms with Gasteiger partial charge in [0.2, 0.25) is 0 Å². The number of nitrogens with one attached hydrogen (secondary N) is 1. The average Bonchev–Trinajstić information content (AvgIpc) is 3.35. The highest BCUT2D eigenvalue weighted by atomic mass is 19.1. The second-order valence-electron chi connectivity index (χ2n) is 8.16. The number of halogens is 1. The molecule has 0 amide bonds. The SMILES string of the molecule is Cc1nn2c(N3CCOCC3)cc(Nc3cn(C)cn3)nc2c1C(C)c1ccc(F)cc1. The molecule has 1 N–H and O–H groups in total. The zero-order valence-electron chi connectivity index (χ0n) is 18.4. The van der Waals surface area contributed by atoms with E-state index < -0.39 is 0 Å². The molecule has 4 heterocycles. The number of rotatable bonds is 5. The number of hydrogen-bond acceptors (Lipinski definition) is 6. The number of ether oxygens (including phenoxy) is 1. The van der Waals surface area contributed by atoms with Crippen LogP contribution in [0.3, 0.4) is 0 Å². The van der Waals surface area contributed by atoms with Gasteiger partial charge in [0.1, 0.15) is 23.3 Å². The molecule has 0 radical (unpaired) electrons. The van der Waals surface area contributed by atoms with Gasteiger partial charge in [-0.3, -0.25) is 0 Å². The minimum Gasteiger partial charge on any atom is -0.378 e. The molecule has 1 aliphatic rings. The van der Waals surface area contributed by atoms with Crippen molar-refractivity contribution in [2.24, 2.45) is 7.05 Å². The largest absolute Gasteiger partial charge is 0.378 e. The molecule has 5 rings (SSSR count). The Morgan fingerprint density at radius 1 is 1.12 bits per heavy atom. The molecular weight excluding hydrogens is 409 g/mol. The fourth-order valence-electron chi connectivity index (χ4n) is 4.24. The highest BCUT2D eigenvalue weighted by molar-refractivity contribution is 5.66. The Morgan fingerprint density at radius 3 is 2.56 bits per heavy atom. The van der Waals surface area contributed by atoms with Crippen LogP contribution >= 0.6 is 0 Å². The lowest BCUT2D eigenvalue weighted by Crippen LogP contribution is -2.37. The molecule has 4 aromatic rings. The molecule has 1 aromatic carbocycles. The molecule has 0 aliphatic carbocycles. The number of imidazole rings is 1. The second-order valence-corrected chi connectivity index (χ2v) is 8.16. The lowest BCUT2D eigenvalue weighted by molar-refractivity contribution is 0.122. The van der Waals surface area contributed by atoms with Gasteiger partial charge in [0.05, 0.1) is 25.2 Å². The van der Waals surface area contributed by atoms with Gasteiger partial charge >= 0.3 is 0 Å². The third-order valence-electron chi connectivity index (χ3n) is 5.89. The Labute approximate surface area is 185 Å². The summed E-state index contributed by atoms with van der Waals surface area (Å²) < 4.78 is 22.8. The molecule has 8 nitrogen and oxygen atoms in total. The van der Waals surface area contributed by atoms with Crippen LogP contribution in [0.25, 0.3) is 5.65 Å². The fourth-order valence-corrected chi connectivity index (χ4v) is 4.24. The summed E-state index contributed by atoms with van der Waals surface area (Å²) in [7, 11) is 1.93. The molecular formula is C23H26FN7O. The maximum atomic E-state index is 13.5. The molecule has 9 heteroatoms. The molecule has 3 aromatic heterocycles. The Balaban J connectivity index is 1.64. The van der Waals surface area contributed by atoms with Crippen LogP contribution in [0, 0.1) is 12.7 Å². The van der Waals surface area contributed by atoms with E-state index in [2.05, 4.69) is 22.1 Å². The quantitative estimate of drug-likeness (QED) is 0.516. The smallest absolute Gasteiger partial charge is 0.163 e. The highest BCUT2D eigenvalue weighted by Gasteiger charge is 2.24. The normalized spacial score (nSPS) is 15.3. The van der Waals surface area contributed by atoms with E-state index in [4.69, 9.17) is 14.8 Å². The van der Waals surface area contributed by atoms with Crippen molar-refractivity contribution in [1.29, 1.82) is 0 Å². The molecule has 32 heavy (non-hydrogen) atoms. The van der Waals surface area contributed by atoms with Crippen molar-refractivity contribution in [1.82, 2.24) is 24.1 Å². The predicted octanol–water partition coefficient (Wildman–Crippen LogP) is 3.64. The summed E-state index contributed by atoms with van der Waals surface area (Å²) in [6.07, 6.45) is 3.65. The van der Waals surface area contributed by atoms with Gasteiger partial charge in [-0.1, -0.05) is 19.1 Å². The summed E-state index contributed by atoms with van der Waals surface area (Å²) >= 11 is 0. The van der Waals surface area contributed by atoms with E-state index in [1.807, 2.05) is 47.4 Å². The van der Waals surface area contributed by atoms with Crippen molar-refractivity contribution < 1.29 is 9.13 Å². The molecule has 1 saturated heterocycles. The van der Waals surface area contributed by atoms with Crippen LogP contribution in [0.15, 0.2) is 42.9 Å². The van der Waals surface area contributed by atoms with E-state index in [1.54, 1.807) is 6.33 Å². The predicted molar refractivity (Wildman–Crippen MR) is 121 cm³/mol. The fraction of sp³-hybridized carbons (Fsp3) is 0.348.